The molecule has 0 saturated carbocycles. The SMILES string of the molecule is CCCNC(C)c1nnc(N(C)C)o1. The molecule has 0 fully saturated rings. The number of hydrogen-bond acceptors (Lipinski definition) is 5. The van der Waals surface area contributed by atoms with Crippen LogP contribution in [0.4, 0.5) is 6.01 Å². The molecule has 1 aromatic rings. The van der Waals surface area contributed by atoms with E-state index >= 15 is 0 Å². The van der Waals surface area contributed by atoms with Gasteiger partial charge in [-0.3, -0.25) is 0 Å². The van der Waals surface area contributed by atoms with E-state index in [0.29, 0.717) is 11.9 Å². The fourth-order valence-corrected chi connectivity index (χ4v) is 1.03. The van der Waals surface area contributed by atoms with Gasteiger partial charge in [0.25, 0.3) is 0 Å². The Bertz CT molecular complexity index is 272. The lowest BCUT2D eigenvalue weighted by Crippen LogP contribution is -2.19. The van der Waals surface area contributed by atoms with E-state index in [-0.39, 0.29) is 6.04 Å². The van der Waals surface area contributed by atoms with Gasteiger partial charge in [-0.15, -0.1) is 5.10 Å². The third kappa shape index (κ3) is 2.70. The van der Waals surface area contributed by atoms with E-state index in [2.05, 4.69) is 22.4 Å². The van der Waals surface area contributed by atoms with Crippen LogP contribution in [-0.4, -0.2) is 30.8 Å². The molecule has 1 unspecified atom stereocenters. The van der Waals surface area contributed by atoms with Crippen molar-refractivity contribution < 1.29 is 4.42 Å². The minimum Gasteiger partial charge on any atom is -0.406 e. The highest BCUT2D eigenvalue weighted by atomic mass is 16.4. The average molecular weight is 198 g/mol. The molecule has 0 aliphatic rings. The molecule has 0 radical (unpaired) electrons. The van der Waals surface area contributed by atoms with Gasteiger partial charge < -0.3 is 14.6 Å². The summed E-state index contributed by atoms with van der Waals surface area (Å²) in [6.07, 6.45) is 1.10. The predicted molar refractivity (Wildman–Crippen MR) is 55.3 cm³/mol. The first-order valence-corrected chi connectivity index (χ1v) is 4.89. The Morgan fingerprint density at radius 3 is 2.64 bits per heavy atom. The molecule has 1 rings (SSSR count). The van der Waals surface area contributed by atoms with Crippen LogP contribution < -0.4 is 10.2 Å². The average Bonchev–Trinajstić information content (AvgIpc) is 2.62. The first-order chi connectivity index (χ1) is 6.65. The summed E-state index contributed by atoms with van der Waals surface area (Å²) in [6.45, 7) is 5.10. The summed E-state index contributed by atoms with van der Waals surface area (Å²) >= 11 is 0. The van der Waals surface area contributed by atoms with Crippen LogP contribution in [0.3, 0.4) is 0 Å². The molecular weight excluding hydrogens is 180 g/mol. The van der Waals surface area contributed by atoms with Gasteiger partial charge in [0.05, 0.1) is 6.04 Å². The largest absolute Gasteiger partial charge is 0.406 e. The molecule has 0 bridgehead atoms. The molecule has 0 amide bonds. The summed E-state index contributed by atoms with van der Waals surface area (Å²) in [5, 5.41) is 11.2. The molecule has 0 aliphatic carbocycles. The molecule has 0 aliphatic heterocycles. The molecule has 0 aromatic carbocycles. The standard InChI is InChI=1S/C9H18N4O/c1-5-6-10-7(2)8-11-12-9(14-8)13(3)4/h7,10H,5-6H2,1-4H3. The van der Waals surface area contributed by atoms with E-state index in [0.717, 1.165) is 13.0 Å². The Balaban J connectivity index is 2.57. The van der Waals surface area contributed by atoms with Crippen molar-refractivity contribution in [2.24, 2.45) is 0 Å². The zero-order chi connectivity index (χ0) is 10.6. The van der Waals surface area contributed by atoms with E-state index < -0.39 is 0 Å². The van der Waals surface area contributed by atoms with Crippen LogP contribution in [-0.2, 0) is 0 Å². The van der Waals surface area contributed by atoms with Gasteiger partial charge in [-0.05, 0) is 19.9 Å². The minimum atomic E-state index is 0.121. The van der Waals surface area contributed by atoms with Crippen molar-refractivity contribution in [1.82, 2.24) is 15.5 Å². The van der Waals surface area contributed by atoms with Crippen molar-refractivity contribution in [2.45, 2.75) is 26.3 Å². The van der Waals surface area contributed by atoms with Crippen LogP contribution in [0.25, 0.3) is 0 Å². The molecule has 5 heteroatoms. The molecule has 0 saturated heterocycles. The zero-order valence-electron chi connectivity index (χ0n) is 9.24. The first-order valence-electron chi connectivity index (χ1n) is 4.89. The molecule has 0 spiro atoms. The second kappa shape index (κ2) is 4.95. The number of nitrogens with zero attached hydrogens (tertiary/aromatic N) is 3. The summed E-state index contributed by atoms with van der Waals surface area (Å²) in [5.74, 6) is 0.641. The minimum absolute atomic E-state index is 0.121. The maximum Gasteiger partial charge on any atom is 0.317 e. The van der Waals surface area contributed by atoms with E-state index in [4.69, 9.17) is 4.42 Å². The maximum atomic E-state index is 5.45. The van der Waals surface area contributed by atoms with E-state index in [1.165, 1.54) is 0 Å². The molecule has 5 nitrogen and oxygen atoms in total. The number of rotatable bonds is 5. The third-order valence-electron chi connectivity index (χ3n) is 1.88. The lowest BCUT2D eigenvalue weighted by Gasteiger charge is -2.08. The van der Waals surface area contributed by atoms with Gasteiger partial charge in [0.1, 0.15) is 0 Å². The fraction of sp³-hybridized carbons (Fsp3) is 0.778. The van der Waals surface area contributed by atoms with Crippen molar-refractivity contribution in [3.63, 3.8) is 0 Å². The summed E-state index contributed by atoms with van der Waals surface area (Å²) in [6, 6.07) is 0.668. The van der Waals surface area contributed by atoms with Crippen LogP contribution in [0.5, 0.6) is 0 Å². The van der Waals surface area contributed by atoms with Crippen molar-refractivity contribution in [1.29, 1.82) is 0 Å². The molecule has 1 N–H and O–H groups in total. The number of nitrogens with one attached hydrogen (secondary N) is 1. The monoisotopic (exact) mass is 198 g/mol. The highest BCUT2D eigenvalue weighted by Gasteiger charge is 2.13. The van der Waals surface area contributed by atoms with E-state index in [1.54, 1.807) is 4.90 Å². The topological polar surface area (TPSA) is 54.2 Å². The number of hydrogen-bond donors (Lipinski definition) is 1. The highest BCUT2D eigenvalue weighted by Crippen LogP contribution is 2.14. The molecule has 14 heavy (non-hydrogen) atoms. The smallest absolute Gasteiger partial charge is 0.317 e. The molecule has 1 aromatic heterocycles. The molecule has 80 valence electrons. The van der Waals surface area contributed by atoms with Crippen molar-refractivity contribution >= 4 is 6.01 Å². The van der Waals surface area contributed by atoms with Crippen molar-refractivity contribution in [2.75, 3.05) is 25.5 Å². The quantitative estimate of drug-likeness (QED) is 0.770. The Labute approximate surface area is 84.5 Å². The van der Waals surface area contributed by atoms with Crippen LogP contribution in [0.15, 0.2) is 4.42 Å². The first kappa shape index (κ1) is 11.0. The second-order valence-electron chi connectivity index (χ2n) is 3.49. The van der Waals surface area contributed by atoms with Gasteiger partial charge in [0.15, 0.2) is 0 Å². The summed E-state index contributed by atoms with van der Waals surface area (Å²) in [5.41, 5.74) is 0. The maximum absolute atomic E-state index is 5.45. The van der Waals surface area contributed by atoms with Crippen molar-refractivity contribution in [3.8, 4) is 0 Å². The van der Waals surface area contributed by atoms with Gasteiger partial charge in [-0.1, -0.05) is 12.0 Å². The van der Waals surface area contributed by atoms with E-state index in [1.807, 2.05) is 21.0 Å². The van der Waals surface area contributed by atoms with Gasteiger partial charge >= 0.3 is 6.01 Å². The Morgan fingerprint density at radius 2 is 2.14 bits per heavy atom. The van der Waals surface area contributed by atoms with Gasteiger partial charge in [-0.25, -0.2) is 0 Å². The predicted octanol–water partition coefficient (Wildman–Crippen LogP) is 1.20. The lowest BCUT2D eigenvalue weighted by atomic mass is 10.3. The molecule has 1 heterocycles. The van der Waals surface area contributed by atoms with Gasteiger partial charge in [0, 0.05) is 14.1 Å². The fourth-order valence-electron chi connectivity index (χ4n) is 1.03. The Hall–Kier alpha value is -1.10. The summed E-state index contributed by atoms with van der Waals surface area (Å²) < 4.78 is 5.45. The van der Waals surface area contributed by atoms with Crippen LogP contribution in [0, 0.1) is 0 Å². The Morgan fingerprint density at radius 1 is 1.43 bits per heavy atom. The molecular formula is C9H18N4O. The van der Waals surface area contributed by atoms with Crippen LogP contribution in [0.1, 0.15) is 32.2 Å². The summed E-state index contributed by atoms with van der Waals surface area (Å²) in [4.78, 5) is 1.79. The third-order valence-corrected chi connectivity index (χ3v) is 1.88. The zero-order valence-corrected chi connectivity index (χ0v) is 9.24. The van der Waals surface area contributed by atoms with Gasteiger partial charge in [-0.2, -0.15) is 0 Å². The van der Waals surface area contributed by atoms with Gasteiger partial charge in [0.2, 0.25) is 5.89 Å². The van der Waals surface area contributed by atoms with Crippen LogP contribution >= 0.6 is 0 Å². The van der Waals surface area contributed by atoms with Crippen LogP contribution in [0.2, 0.25) is 0 Å². The number of aromatic nitrogens is 2. The normalized spacial score (nSPS) is 12.9. The van der Waals surface area contributed by atoms with Crippen molar-refractivity contribution in [3.05, 3.63) is 5.89 Å². The second-order valence-corrected chi connectivity index (χ2v) is 3.49. The highest BCUT2D eigenvalue weighted by molar-refractivity contribution is 5.19. The summed E-state index contributed by atoms with van der Waals surface area (Å²) in [7, 11) is 3.75. The molecule has 1 atom stereocenters. The Kier molecular flexibility index (Phi) is 3.88. The van der Waals surface area contributed by atoms with E-state index in [9.17, 15) is 0 Å². The lowest BCUT2D eigenvalue weighted by molar-refractivity contribution is 0.418. The number of anilines is 1.